The van der Waals surface area contributed by atoms with Gasteiger partial charge >= 0.3 is 0 Å². The van der Waals surface area contributed by atoms with Crippen LogP contribution in [0.3, 0.4) is 0 Å². The van der Waals surface area contributed by atoms with Gasteiger partial charge in [0.05, 0.1) is 24.2 Å². The van der Waals surface area contributed by atoms with Crippen molar-refractivity contribution in [1.82, 2.24) is 0 Å². The summed E-state index contributed by atoms with van der Waals surface area (Å²) in [6.45, 7) is 3.63. The Labute approximate surface area is 196 Å². The van der Waals surface area contributed by atoms with Crippen molar-refractivity contribution < 1.29 is 18.6 Å². The molecular weight excluding hydrogens is 440 g/mol. The minimum Gasteiger partial charge on any atom is -0.490 e. The normalized spacial score (nSPS) is 13.0. The lowest BCUT2D eigenvalue weighted by Gasteiger charge is -2.13. The number of hydrogen-bond donors (Lipinski definition) is 0. The van der Waals surface area contributed by atoms with Gasteiger partial charge in [-0.3, -0.25) is 4.79 Å². The van der Waals surface area contributed by atoms with Crippen LogP contribution in [0.5, 0.6) is 17.2 Å². The first kappa shape index (κ1) is 21.4. The fourth-order valence-corrected chi connectivity index (χ4v) is 4.01. The van der Waals surface area contributed by atoms with Crippen LogP contribution in [0.25, 0.3) is 22.1 Å². The molecule has 4 aromatic rings. The highest BCUT2D eigenvalue weighted by Gasteiger charge is 2.16. The van der Waals surface area contributed by atoms with Crippen molar-refractivity contribution in [2.45, 2.75) is 26.4 Å². The van der Waals surface area contributed by atoms with E-state index in [1.165, 1.54) is 6.26 Å². The predicted molar refractivity (Wildman–Crippen MR) is 129 cm³/mol. The molecule has 0 fully saturated rings. The molecule has 0 unspecified atom stereocenters. The smallest absolute Gasteiger partial charge is 0.200 e. The molecule has 5 nitrogen and oxygen atoms in total. The van der Waals surface area contributed by atoms with E-state index in [1.807, 2.05) is 55.5 Å². The number of hydrogen-bond acceptors (Lipinski definition) is 5. The van der Waals surface area contributed by atoms with Gasteiger partial charge in [-0.25, -0.2) is 0 Å². The maximum Gasteiger partial charge on any atom is 0.200 e. The summed E-state index contributed by atoms with van der Waals surface area (Å²) in [7, 11) is 0. The van der Waals surface area contributed by atoms with E-state index in [1.54, 1.807) is 6.07 Å². The first-order valence-corrected chi connectivity index (χ1v) is 11.4. The van der Waals surface area contributed by atoms with Crippen LogP contribution in [-0.2, 0) is 13.0 Å². The number of aryl methyl sites for hydroxylation is 1. The van der Waals surface area contributed by atoms with E-state index < -0.39 is 0 Å². The summed E-state index contributed by atoms with van der Waals surface area (Å²) in [6.07, 6.45) is 3.04. The highest BCUT2D eigenvalue weighted by molar-refractivity contribution is 6.30. The number of benzene rings is 3. The Kier molecular flexibility index (Phi) is 5.97. The van der Waals surface area contributed by atoms with Crippen molar-refractivity contribution in [2.24, 2.45) is 0 Å². The molecule has 33 heavy (non-hydrogen) atoms. The second-order valence-electron chi connectivity index (χ2n) is 7.92. The van der Waals surface area contributed by atoms with Crippen LogP contribution in [-0.4, -0.2) is 13.2 Å². The van der Waals surface area contributed by atoms with E-state index in [0.29, 0.717) is 58.6 Å². The summed E-state index contributed by atoms with van der Waals surface area (Å²) >= 11 is 5.96. The van der Waals surface area contributed by atoms with Crippen molar-refractivity contribution in [3.8, 4) is 28.4 Å². The molecule has 0 amide bonds. The van der Waals surface area contributed by atoms with Gasteiger partial charge in [-0.15, -0.1) is 0 Å². The van der Waals surface area contributed by atoms with Crippen LogP contribution in [0, 0.1) is 0 Å². The molecule has 168 valence electrons. The van der Waals surface area contributed by atoms with Crippen LogP contribution < -0.4 is 19.6 Å². The molecule has 1 aliphatic heterocycles. The number of fused-ring (bicyclic) bond motifs is 2. The van der Waals surface area contributed by atoms with Gasteiger partial charge in [-0.05, 0) is 53.4 Å². The van der Waals surface area contributed by atoms with Gasteiger partial charge in [0.2, 0.25) is 5.43 Å². The third-order valence-corrected chi connectivity index (χ3v) is 5.95. The molecule has 3 aromatic carbocycles. The Morgan fingerprint density at radius 3 is 2.55 bits per heavy atom. The topological polar surface area (TPSA) is 57.9 Å². The zero-order valence-electron chi connectivity index (χ0n) is 18.2. The molecule has 0 bridgehead atoms. The predicted octanol–water partition coefficient (Wildman–Crippen LogP) is 6.42. The summed E-state index contributed by atoms with van der Waals surface area (Å²) in [6, 6.07) is 16.7. The van der Waals surface area contributed by atoms with Crippen LogP contribution in [0.2, 0.25) is 5.02 Å². The van der Waals surface area contributed by atoms with Crippen LogP contribution in [0.15, 0.2) is 70.1 Å². The Morgan fingerprint density at radius 2 is 1.76 bits per heavy atom. The largest absolute Gasteiger partial charge is 0.490 e. The second-order valence-corrected chi connectivity index (χ2v) is 8.35. The molecule has 0 radical (unpaired) electrons. The molecule has 0 aliphatic carbocycles. The van der Waals surface area contributed by atoms with E-state index >= 15 is 0 Å². The second kappa shape index (κ2) is 9.20. The Balaban J connectivity index is 1.49. The van der Waals surface area contributed by atoms with Crippen LogP contribution >= 0.6 is 11.6 Å². The Bertz CT molecular complexity index is 1360. The molecule has 1 aliphatic rings. The first-order chi connectivity index (χ1) is 16.1. The van der Waals surface area contributed by atoms with E-state index in [-0.39, 0.29) is 5.43 Å². The Morgan fingerprint density at radius 1 is 0.970 bits per heavy atom. The summed E-state index contributed by atoms with van der Waals surface area (Å²) in [5, 5.41) is 1.21. The van der Waals surface area contributed by atoms with Gasteiger partial charge < -0.3 is 18.6 Å². The molecule has 5 rings (SSSR count). The van der Waals surface area contributed by atoms with Gasteiger partial charge in [0.25, 0.3) is 0 Å². The highest BCUT2D eigenvalue weighted by Crippen LogP contribution is 2.34. The number of ether oxygens (including phenoxy) is 3. The van der Waals surface area contributed by atoms with Gasteiger partial charge in [0.15, 0.2) is 11.5 Å². The fourth-order valence-electron chi connectivity index (χ4n) is 3.88. The van der Waals surface area contributed by atoms with Crippen molar-refractivity contribution in [2.75, 3.05) is 13.2 Å². The van der Waals surface area contributed by atoms with Crippen LogP contribution in [0.4, 0.5) is 0 Å². The molecule has 1 aromatic heterocycles. The average molecular weight is 463 g/mol. The summed E-state index contributed by atoms with van der Waals surface area (Å²) in [5.74, 6) is 2.04. The maximum atomic E-state index is 13.4. The lowest BCUT2D eigenvalue weighted by Crippen LogP contribution is -2.07. The standard InChI is InChI=1S/C27H23ClO5/c1-2-18-12-21-25(14-24(18)32-15-17-4-7-20(28)8-5-17)33-16-22(27(21)29)19-6-9-23-26(13-19)31-11-3-10-30-23/h4-9,12-14,16H,2-3,10-11,15H2,1H3. The molecule has 0 N–H and O–H groups in total. The van der Waals surface area contributed by atoms with E-state index in [0.717, 1.165) is 29.5 Å². The highest BCUT2D eigenvalue weighted by atomic mass is 35.5. The third-order valence-electron chi connectivity index (χ3n) is 5.70. The summed E-state index contributed by atoms with van der Waals surface area (Å²) in [5.41, 5.74) is 3.56. The summed E-state index contributed by atoms with van der Waals surface area (Å²) < 4.78 is 23.4. The van der Waals surface area contributed by atoms with Crippen molar-refractivity contribution >= 4 is 22.6 Å². The van der Waals surface area contributed by atoms with Crippen LogP contribution in [0.1, 0.15) is 24.5 Å². The zero-order chi connectivity index (χ0) is 22.8. The lowest BCUT2D eigenvalue weighted by molar-refractivity contribution is 0.297. The molecular formula is C27H23ClO5. The monoisotopic (exact) mass is 462 g/mol. The number of halogens is 1. The van der Waals surface area contributed by atoms with E-state index in [9.17, 15) is 4.79 Å². The molecule has 0 spiro atoms. The minimum absolute atomic E-state index is 0.0929. The van der Waals surface area contributed by atoms with Crippen molar-refractivity contribution in [3.63, 3.8) is 0 Å². The summed E-state index contributed by atoms with van der Waals surface area (Å²) in [4.78, 5) is 13.4. The van der Waals surface area contributed by atoms with E-state index in [2.05, 4.69) is 0 Å². The first-order valence-electron chi connectivity index (χ1n) is 11.0. The van der Waals surface area contributed by atoms with Gasteiger partial charge in [-0.2, -0.15) is 0 Å². The maximum absolute atomic E-state index is 13.4. The Hall–Kier alpha value is -3.44. The molecule has 2 heterocycles. The van der Waals surface area contributed by atoms with Crippen molar-refractivity contribution in [1.29, 1.82) is 0 Å². The molecule has 0 saturated carbocycles. The quantitative estimate of drug-likeness (QED) is 0.342. The SMILES string of the molecule is CCc1cc2c(=O)c(-c3ccc4c(c3)OCCCO4)coc2cc1OCc1ccc(Cl)cc1. The van der Waals surface area contributed by atoms with Crippen molar-refractivity contribution in [3.05, 3.63) is 87.2 Å². The van der Waals surface area contributed by atoms with Gasteiger partial charge in [0.1, 0.15) is 24.2 Å². The van der Waals surface area contributed by atoms with E-state index in [4.69, 9.17) is 30.2 Å². The number of rotatable bonds is 5. The minimum atomic E-state index is -0.0929. The molecule has 0 saturated heterocycles. The third kappa shape index (κ3) is 4.41. The zero-order valence-corrected chi connectivity index (χ0v) is 19.0. The lowest BCUT2D eigenvalue weighted by atomic mass is 10.0. The van der Waals surface area contributed by atoms with Gasteiger partial charge in [-0.1, -0.05) is 36.7 Å². The average Bonchev–Trinajstić information content (AvgIpc) is 3.08. The fraction of sp³-hybridized carbons (Fsp3) is 0.222. The van der Waals surface area contributed by atoms with Gasteiger partial charge in [0, 0.05) is 17.5 Å². The molecule has 6 heteroatoms. The molecule has 0 atom stereocenters.